The quantitative estimate of drug-likeness (QED) is 0.803. The second-order valence-corrected chi connectivity index (χ2v) is 5.21. The van der Waals surface area contributed by atoms with Crippen molar-refractivity contribution in [2.45, 2.75) is 52.3 Å². The number of hydrogen-bond acceptors (Lipinski definition) is 5. The molecule has 0 aliphatic heterocycles. The van der Waals surface area contributed by atoms with Gasteiger partial charge in [0, 0.05) is 18.1 Å². The Bertz CT molecular complexity index is 351. The normalized spacial score (nSPS) is 28.7. The van der Waals surface area contributed by atoms with Crippen LogP contribution in [0.15, 0.2) is 0 Å². The summed E-state index contributed by atoms with van der Waals surface area (Å²) in [7, 11) is 0. The maximum atomic E-state index is 5.71. The number of ether oxygens (including phenoxy) is 1. The van der Waals surface area contributed by atoms with Crippen LogP contribution in [0.3, 0.4) is 0 Å². The van der Waals surface area contributed by atoms with Crippen molar-refractivity contribution < 1.29 is 4.74 Å². The summed E-state index contributed by atoms with van der Waals surface area (Å²) < 4.78 is 5.71. The zero-order chi connectivity index (χ0) is 12.5. The van der Waals surface area contributed by atoms with E-state index < -0.39 is 0 Å². The van der Waals surface area contributed by atoms with Crippen LogP contribution >= 0.6 is 0 Å². The fourth-order valence-corrected chi connectivity index (χ4v) is 2.38. The van der Waals surface area contributed by atoms with Crippen molar-refractivity contribution in [1.29, 1.82) is 0 Å². The minimum Gasteiger partial charge on any atom is -0.378 e. The van der Waals surface area contributed by atoms with Gasteiger partial charge in [-0.15, -0.1) is 10.2 Å². The van der Waals surface area contributed by atoms with Gasteiger partial charge in [0.05, 0.1) is 12.1 Å². The van der Waals surface area contributed by atoms with Crippen molar-refractivity contribution in [3.8, 4) is 0 Å². The molecule has 1 fully saturated rings. The van der Waals surface area contributed by atoms with Crippen molar-refractivity contribution in [2.24, 2.45) is 5.41 Å². The highest BCUT2D eigenvalue weighted by Gasteiger charge is 2.49. The maximum Gasteiger partial charge on any atom is 0.191 e. The Morgan fingerprint density at radius 1 is 1.59 bits per heavy atom. The molecular weight excluding hydrogens is 218 g/mol. The summed E-state index contributed by atoms with van der Waals surface area (Å²) in [4.78, 5) is 0. The molecule has 3 atom stereocenters. The van der Waals surface area contributed by atoms with E-state index in [1.807, 2.05) is 6.92 Å². The van der Waals surface area contributed by atoms with Crippen LogP contribution in [-0.4, -0.2) is 39.4 Å². The molecule has 96 valence electrons. The minimum atomic E-state index is 0.112. The average Bonchev–Trinajstić information content (AvgIpc) is 2.81. The molecule has 0 saturated heterocycles. The smallest absolute Gasteiger partial charge is 0.191 e. The van der Waals surface area contributed by atoms with Crippen LogP contribution in [0, 0.1) is 5.41 Å². The highest BCUT2D eigenvalue weighted by Crippen LogP contribution is 2.43. The van der Waals surface area contributed by atoms with Gasteiger partial charge in [0.15, 0.2) is 5.82 Å². The number of aromatic amines is 1. The molecule has 1 aromatic heterocycles. The van der Waals surface area contributed by atoms with Gasteiger partial charge in [-0.2, -0.15) is 5.21 Å². The topological polar surface area (TPSA) is 75.7 Å². The molecule has 2 N–H and O–H groups in total. The van der Waals surface area contributed by atoms with Gasteiger partial charge < -0.3 is 10.1 Å². The van der Waals surface area contributed by atoms with E-state index in [1.165, 1.54) is 0 Å². The van der Waals surface area contributed by atoms with Gasteiger partial charge in [-0.1, -0.05) is 19.1 Å². The Kier molecular flexibility index (Phi) is 3.44. The van der Waals surface area contributed by atoms with Gasteiger partial charge in [0.2, 0.25) is 0 Å². The number of H-pyrrole nitrogens is 1. The molecule has 17 heavy (non-hydrogen) atoms. The average molecular weight is 239 g/mol. The van der Waals surface area contributed by atoms with Gasteiger partial charge in [-0.3, -0.25) is 0 Å². The number of tetrazole rings is 1. The minimum absolute atomic E-state index is 0.112. The summed E-state index contributed by atoms with van der Waals surface area (Å²) in [5, 5.41) is 17.6. The maximum absolute atomic E-state index is 5.71. The first-order valence-electron chi connectivity index (χ1n) is 6.16. The van der Waals surface area contributed by atoms with E-state index in [4.69, 9.17) is 4.74 Å². The van der Waals surface area contributed by atoms with Crippen LogP contribution in [0.5, 0.6) is 0 Å². The third-order valence-electron chi connectivity index (χ3n) is 3.75. The third-order valence-corrected chi connectivity index (χ3v) is 3.75. The fourth-order valence-electron chi connectivity index (χ4n) is 2.38. The molecule has 0 amide bonds. The molecule has 1 heterocycles. The van der Waals surface area contributed by atoms with E-state index in [-0.39, 0.29) is 11.5 Å². The monoisotopic (exact) mass is 239 g/mol. The molecule has 0 spiro atoms. The summed E-state index contributed by atoms with van der Waals surface area (Å²) in [6.07, 6.45) is 1.39. The molecular formula is C11H21N5O. The van der Waals surface area contributed by atoms with Crippen molar-refractivity contribution in [3.63, 3.8) is 0 Å². The lowest BCUT2D eigenvalue weighted by atomic mass is 9.64. The van der Waals surface area contributed by atoms with Gasteiger partial charge in [0.1, 0.15) is 0 Å². The summed E-state index contributed by atoms with van der Waals surface area (Å²) in [6, 6.07) is 0.549. The number of rotatable bonds is 5. The van der Waals surface area contributed by atoms with E-state index >= 15 is 0 Å². The highest BCUT2D eigenvalue weighted by molar-refractivity contribution is 5.04. The predicted molar refractivity (Wildman–Crippen MR) is 63.3 cm³/mol. The van der Waals surface area contributed by atoms with E-state index in [2.05, 4.69) is 46.7 Å². The van der Waals surface area contributed by atoms with Crippen molar-refractivity contribution >= 4 is 0 Å². The molecule has 0 bridgehead atoms. The highest BCUT2D eigenvalue weighted by atomic mass is 16.5. The van der Waals surface area contributed by atoms with Crippen molar-refractivity contribution in [3.05, 3.63) is 5.82 Å². The predicted octanol–water partition coefficient (Wildman–Crippen LogP) is 1.05. The van der Waals surface area contributed by atoms with Gasteiger partial charge in [-0.25, -0.2) is 0 Å². The molecule has 1 aliphatic carbocycles. The largest absolute Gasteiger partial charge is 0.378 e. The van der Waals surface area contributed by atoms with E-state index in [0.717, 1.165) is 13.0 Å². The molecule has 0 radical (unpaired) electrons. The first kappa shape index (κ1) is 12.4. The SMILES string of the molecule is CCOC1CC(NC(C)c2nn[nH]n2)C1(C)C. The van der Waals surface area contributed by atoms with Gasteiger partial charge >= 0.3 is 0 Å². The lowest BCUT2D eigenvalue weighted by Gasteiger charge is -2.52. The van der Waals surface area contributed by atoms with E-state index in [9.17, 15) is 0 Å². The zero-order valence-corrected chi connectivity index (χ0v) is 10.9. The molecule has 3 unspecified atom stereocenters. The van der Waals surface area contributed by atoms with Crippen molar-refractivity contribution in [2.75, 3.05) is 6.61 Å². The Morgan fingerprint density at radius 2 is 2.35 bits per heavy atom. The molecule has 6 nitrogen and oxygen atoms in total. The summed E-state index contributed by atoms with van der Waals surface area (Å²) in [5.41, 5.74) is 0.161. The second kappa shape index (κ2) is 4.70. The summed E-state index contributed by atoms with van der Waals surface area (Å²) in [5.74, 6) is 0.709. The van der Waals surface area contributed by atoms with Crippen LogP contribution in [-0.2, 0) is 4.74 Å². The number of hydrogen-bond donors (Lipinski definition) is 2. The van der Waals surface area contributed by atoms with Crippen molar-refractivity contribution in [1.82, 2.24) is 25.9 Å². The Balaban J connectivity index is 1.89. The van der Waals surface area contributed by atoms with E-state index in [0.29, 0.717) is 18.0 Å². The molecule has 1 aromatic rings. The molecule has 1 saturated carbocycles. The van der Waals surface area contributed by atoms with Crippen LogP contribution in [0.1, 0.15) is 46.0 Å². The zero-order valence-electron chi connectivity index (χ0n) is 10.9. The Labute approximate surface area is 102 Å². The number of aromatic nitrogens is 4. The van der Waals surface area contributed by atoms with E-state index in [1.54, 1.807) is 0 Å². The Morgan fingerprint density at radius 3 is 2.88 bits per heavy atom. The van der Waals surface area contributed by atoms with Gasteiger partial charge in [0.25, 0.3) is 0 Å². The second-order valence-electron chi connectivity index (χ2n) is 5.21. The molecule has 0 aromatic carbocycles. The first-order valence-corrected chi connectivity index (χ1v) is 6.16. The first-order chi connectivity index (χ1) is 8.05. The fraction of sp³-hybridized carbons (Fsp3) is 0.909. The van der Waals surface area contributed by atoms with Crippen LogP contribution in [0.25, 0.3) is 0 Å². The molecule has 2 rings (SSSR count). The third kappa shape index (κ3) is 2.32. The van der Waals surface area contributed by atoms with Crippen LogP contribution < -0.4 is 5.32 Å². The summed E-state index contributed by atoms with van der Waals surface area (Å²) in [6.45, 7) is 9.34. The molecule has 6 heteroatoms. The van der Waals surface area contributed by atoms with Gasteiger partial charge in [-0.05, 0) is 20.3 Å². The van der Waals surface area contributed by atoms with Crippen LogP contribution in [0.4, 0.5) is 0 Å². The molecule has 1 aliphatic rings. The lowest BCUT2D eigenvalue weighted by molar-refractivity contribution is -0.116. The standard InChI is InChI=1S/C11H21N5O/c1-5-17-9-6-8(11(9,3)4)12-7(2)10-13-15-16-14-10/h7-9,12H,5-6H2,1-4H3,(H,13,14,15,16). The van der Waals surface area contributed by atoms with Crippen LogP contribution in [0.2, 0.25) is 0 Å². The number of nitrogens with one attached hydrogen (secondary N) is 2. The summed E-state index contributed by atoms with van der Waals surface area (Å²) >= 11 is 0. The number of nitrogens with zero attached hydrogens (tertiary/aromatic N) is 3. The Hall–Kier alpha value is -1.01. The lowest BCUT2D eigenvalue weighted by Crippen LogP contribution is -2.61.